The van der Waals surface area contributed by atoms with E-state index in [1.165, 1.54) is 4.70 Å². The van der Waals surface area contributed by atoms with E-state index in [0.29, 0.717) is 29.3 Å². The highest BCUT2D eigenvalue weighted by atomic mass is 32.1. The van der Waals surface area contributed by atoms with Crippen molar-refractivity contribution < 1.29 is 8.83 Å². The summed E-state index contributed by atoms with van der Waals surface area (Å²) in [6, 6.07) is 50.8. The predicted molar refractivity (Wildman–Crippen MR) is 213 cm³/mol. The number of rotatable bonds is 5. The Kier molecular flexibility index (Phi) is 6.59. The zero-order valence-corrected chi connectivity index (χ0v) is 28.7. The Morgan fingerprint density at radius 1 is 0.396 bits per heavy atom. The highest BCUT2D eigenvalue weighted by Gasteiger charge is 2.19. The fourth-order valence-corrected chi connectivity index (χ4v) is 8.13. The Hall–Kier alpha value is -7.03. The van der Waals surface area contributed by atoms with Gasteiger partial charge in [-0.25, -0.2) is 24.9 Å². The van der Waals surface area contributed by atoms with E-state index < -0.39 is 0 Å². The van der Waals surface area contributed by atoms with Crippen molar-refractivity contribution in [3.05, 3.63) is 152 Å². The summed E-state index contributed by atoms with van der Waals surface area (Å²) < 4.78 is 14.9. The van der Waals surface area contributed by atoms with E-state index in [2.05, 4.69) is 41.4 Å². The molecule has 0 aliphatic carbocycles. The molecule has 0 atom stereocenters. The largest absolute Gasteiger partial charge is 0.436 e. The second-order valence-electron chi connectivity index (χ2n) is 12.9. The van der Waals surface area contributed by atoms with E-state index >= 15 is 0 Å². The summed E-state index contributed by atoms with van der Waals surface area (Å²) in [6.07, 6.45) is 0. The molecule has 248 valence electrons. The average molecular weight is 700 g/mol. The molecule has 0 bridgehead atoms. The highest BCUT2D eigenvalue weighted by Crippen LogP contribution is 2.43. The molecule has 7 aromatic carbocycles. The minimum absolute atomic E-state index is 0.571. The zero-order valence-electron chi connectivity index (χ0n) is 27.9. The lowest BCUT2D eigenvalue weighted by Gasteiger charge is -2.10. The maximum atomic E-state index is 6.53. The third kappa shape index (κ3) is 4.99. The molecule has 7 nitrogen and oxygen atoms in total. The number of nitrogens with zero attached hydrogens (tertiary/aromatic N) is 5. The number of hydrogen-bond donors (Lipinski definition) is 0. The van der Waals surface area contributed by atoms with Gasteiger partial charge in [-0.15, -0.1) is 11.3 Å². The minimum atomic E-state index is 0.571. The van der Waals surface area contributed by atoms with Crippen LogP contribution >= 0.6 is 11.3 Å². The third-order valence-corrected chi connectivity index (χ3v) is 10.7. The molecule has 0 amide bonds. The van der Waals surface area contributed by atoms with Gasteiger partial charge in [0.25, 0.3) is 0 Å². The molecular weight excluding hydrogens is 675 g/mol. The van der Waals surface area contributed by atoms with Gasteiger partial charge in [0.1, 0.15) is 11.0 Å². The number of para-hydroxylation sites is 2. The molecule has 11 aromatic rings. The van der Waals surface area contributed by atoms with Crippen LogP contribution in [0.25, 0.3) is 110 Å². The molecule has 0 aliphatic heterocycles. The van der Waals surface area contributed by atoms with E-state index in [-0.39, 0.29) is 0 Å². The van der Waals surface area contributed by atoms with Gasteiger partial charge in [0.2, 0.25) is 11.8 Å². The maximum absolute atomic E-state index is 6.53. The average Bonchev–Trinajstić information content (AvgIpc) is 3.97. The predicted octanol–water partition coefficient (Wildman–Crippen LogP) is 12.0. The van der Waals surface area contributed by atoms with Gasteiger partial charge < -0.3 is 8.83 Å². The molecule has 0 aliphatic rings. The van der Waals surface area contributed by atoms with Crippen LogP contribution in [0.5, 0.6) is 0 Å². The van der Waals surface area contributed by atoms with Crippen LogP contribution in [-0.4, -0.2) is 24.9 Å². The summed E-state index contributed by atoms with van der Waals surface area (Å²) in [5.41, 5.74) is 7.70. The molecular formula is C45H25N5O2S. The summed E-state index contributed by atoms with van der Waals surface area (Å²) >= 11 is 1.76. The van der Waals surface area contributed by atoms with E-state index in [1.807, 2.05) is 115 Å². The van der Waals surface area contributed by atoms with Crippen LogP contribution in [0.4, 0.5) is 0 Å². The highest BCUT2D eigenvalue weighted by molar-refractivity contribution is 7.26. The lowest BCUT2D eigenvalue weighted by molar-refractivity contribution is 0.620. The zero-order chi connectivity index (χ0) is 34.9. The van der Waals surface area contributed by atoms with Crippen molar-refractivity contribution in [3.8, 4) is 57.1 Å². The van der Waals surface area contributed by atoms with Crippen LogP contribution < -0.4 is 0 Å². The molecule has 11 rings (SSSR count). The van der Waals surface area contributed by atoms with Crippen molar-refractivity contribution in [2.75, 3.05) is 0 Å². The lowest BCUT2D eigenvalue weighted by Crippen LogP contribution is -2.00. The van der Waals surface area contributed by atoms with Gasteiger partial charge in [-0.3, -0.25) is 0 Å². The van der Waals surface area contributed by atoms with Crippen LogP contribution in [0.15, 0.2) is 160 Å². The third-order valence-electron chi connectivity index (χ3n) is 9.60. The molecule has 0 spiro atoms. The number of fused-ring (bicyclic) bond motifs is 8. The first-order chi connectivity index (χ1) is 26.2. The van der Waals surface area contributed by atoms with Gasteiger partial charge in [-0.2, -0.15) is 0 Å². The summed E-state index contributed by atoms with van der Waals surface area (Å²) in [5, 5.41) is 4.42. The molecule has 0 radical (unpaired) electrons. The number of benzene rings is 7. The van der Waals surface area contributed by atoms with E-state index in [0.717, 1.165) is 76.3 Å². The molecule has 0 unspecified atom stereocenters. The number of aromatic nitrogens is 5. The fourth-order valence-electron chi connectivity index (χ4n) is 7.01. The summed E-state index contributed by atoms with van der Waals surface area (Å²) in [5.74, 6) is 2.95. The monoisotopic (exact) mass is 699 g/mol. The van der Waals surface area contributed by atoms with Crippen LogP contribution in [-0.2, 0) is 0 Å². The van der Waals surface area contributed by atoms with E-state index in [9.17, 15) is 0 Å². The Balaban J connectivity index is 1.07. The lowest BCUT2D eigenvalue weighted by atomic mass is 10.0. The summed E-state index contributed by atoms with van der Waals surface area (Å²) in [6.45, 7) is 0. The second-order valence-corrected chi connectivity index (χ2v) is 14.0. The van der Waals surface area contributed by atoms with Crippen molar-refractivity contribution in [3.63, 3.8) is 0 Å². The van der Waals surface area contributed by atoms with Crippen molar-refractivity contribution in [2.45, 2.75) is 0 Å². The molecule has 4 aromatic heterocycles. The maximum Gasteiger partial charge on any atom is 0.227 e. The van der Waals surface area contributed by atoms with Crippen LogP contribution in [0.1, 0.15) is 0 Å². The Bertz CT molecular complexity index is 3140. The minimum Gasteiger partial charge on any atom is -0.436 e. The van der Waals surface area contributed by atoms with Gasteiger partial charge in [0, 0.05) is 48.0 Å². The normalized spacial score (nSPS) is 11.8. The quantitative estimate of drug-likeness (QED) is 0.177. The van der Waals surface area contributed by atoms with Gasteiger partial charge in [-0.05, 0) is 71.4 Å². The SMILES string of the molecule is c1ccc(-c2nc(-c3ccc(-c4nc5ccccc5o4)cc3)nc(-c3ccc4ccc5sc6ccc7nc(-c8ccccc8)oc7c6c5c4c3)n2)cc1. The van der Waals surface area contributed by atoms with Crippen LogP contribution in [0.2, 0.25) is 0 Å². The first-order valence-electron chi connectivity index (χ1n) is 17.2. The number of oxazole rings is 2. The topological polar surface area (TPSA) is 90.7 Å². The standard InChI is InChI=1S/C45H25N5O2S/c1-3-9-27(10-4-1)41-48-42(28-16-18-30(19-17-28)44-46-33-13-7-8-14-35(33)51-44)50-43(49-41)31-20-15-26-21-23-36-38(32(26)25-31)39-37(53-36)24-22-34-40(39)52-45(47-34)29-11-5-2-6-12-29/h1-25H. The van der Waals surface area contributed by atoms with Crippen molar-refractivity contribution in [1.29, 1.82) is 0 Å². The van der Waals surface area contributed by atoms with E-state index in [1.54, 1.807) is 11.3 Å². The fraction of sp³-hybridized carbons (Fsp3) is 0. The molecule has 0 fully saturated rings. The first kappa shape index (κ1) is 29.7. The van der Waals surface area contributed by atoms with Gasteiger partial charge in [0.05, 0.1) is 0 Å². The number of thiophene rings is 1. The second kappa shape index (κ2) is 11.8. The van der Waals surface area contributed by atoms with E-state index in [4.69, 9.17) is 28.8 Å². The Labute approximate surface area is 305 Å². The van der Waals surface area contributed by atoms with Gasteiger partial charge in [0.15, 0.2) is 28.6 Å². The molecule has 0 N–H and O–H groups in total. The van der Waals surface area contributed by atoms with Crippen LogP contribution in [0, 0.1) is 0 Å². The Morgan fingerprint density at radius 3 is 1.72 bits per heavy atom. The summed E-state index contributed by atoms with van der Waals surface area (Å²) in [4.78, 5) is 24.6. The summed E-state index contributed by atoms with van der Waals surface area (Å²) in [7, 11) is 0. The smallest absolute Gasteiger partial charge is 0.227 e. The molecule has 0 saturated carbocycles. The molecule has 53 heavy (non-hydrogen) atoms. The molecule has 4 heterocycles. The van der Waals surface area contributed by atoms with Gasteiger partial charge in [-0.1, -0.05) is 91.0 Å². The molecule has 8 heteroatoms. The Morgan fingerprint density at radius 2 is 0.943 bits per heavy atom. The molecule has 0 saturated heterocycles. The first-order valence-corrected chi connectivity index (χ1v) is 18.1. The van der Waals surface area contributed by atoms with Gasteiger partial charge >= 0.3 is 0 Å². The van der Waals surface area contributed by atoms with Crippen molar-refractivity contribution in [1.82, 2.24) is 24.9 Å². The van der Waals surface area contributed by atoms with Crippen LogP contribution in [0.3, 0.4) is 0 Å². The number of hydrogen-bond acceptors (Lipinski definition) is 8. The van der Waals surface area contributed by atoms with Crippen molar-refractivity contribution >= 4 is 64.5 Å². The van der Waals surface area contributed by atoms with Crippen molar-refractivity contribution in [2.24, 2.45) is 0 Å².